The van der Waals surface area contributed by atoms with Gasteiger partial charge in [-0.1, -0.05) is 25.1 Å². The fraction of sp³-hybridized carbons (Fsp3) is 0.538. The molecule has 2 unspecified atom stereocenters. The van der Waals surface area contributed by atoms with E-state index in [-0.39, 0.29) is 5.38 Å². The maximum absolute atomic E-state index is 12.5. The van der Waals surface area contributed by atoms with Crippen LogP contribution in [-0.2, 0) is 10.0 Å². The van der Waals surface area contributed by atoms with Crippen LogP contribution in [0.5, 0.6) is 0 Å². The molecule has 1 aromatic carbocycles. The second-order valence-electron chi connectivity index (χ2n) is 4.91. The molecule has 1 aliphatic heterocycles. The first-order valence-corrected chi connectivity index (χ1v) is 8.00. The molecule has 0 aliphatic carbocycles. The number of hydrogen-bond donors (Lipinski definition) is 0. The van der Waals surface area contributed by atoms with Crippen LogP contribution >= 0.6 is 11.6 Å². The van der Waals surface area contributed by atoms with Crippen molar-refractivity contribution in [2.45, 2.75) is 30.5 Å². The molecule has 18 heavy (non-hydrogen) atoms. The molecule has 5 heteroatoms. The standard InChI is InChI=1S/C13H18ClNO2S/c1-10-7-8-15(9-12(10)14)18(16,17)13-6-4-3-5-11(13)2/h3-6,10,12H,7-9H2,1-2H3. The maximum atomic E-state index is 12.5. The highest BCUT2D eigenvalue weighted by Gasteiger charge is 2.33. The van der Waals surface area contributed by atoms with Gasteiger partial charge in [0.2, 0.25) is 10.0 Å². The fourth-order valence-electron chi connectivity index (χ4n) is 2.20. The van der Waals surface area contributed by atoms with Crippen molar-refractivity contribution in [1.82, 2.24) is 4.31 Å². The SMILES string of the molecule is Cc1ccccc1S(=O)(=O)N1CCC(C)C(Cl)C1. The van der Waals surface area contributed by atoms with Gasteiger partial charge in [0, 0.05) is 18.5 Å². The molecule has 0 bridgehead atoms. The third-order valence-corrected chi connectivity index (χ3v) is 6.13. The average Bonchev–Trinajstić information content (AvgIpc) is 2.33. The lowest BCUT2D eigenvalue weighted by Crippen LogP contribution is -2.43. The molecule has 1 heterocycles. The summed E-state index contributed by atoms with van der Waals surface area (Å²) in [5, 5.41) is -0.0995. The summed E-state index contributed by atoms with van der Waals surface area (Å²) in [6.07, 6.45) is 0.819. The summed E-state index contributed by atoms with van der Waals surface area (Å²) in [4.78, 5) is 0.392. The van der Waals surface area contributed by atoms with E-state index in [1.165, 1.54) is 4.31 Å². The van der Waals surface area contributed by atoms with E-state index in [2.05, 4.69) is 6.92 Å². The van der Waals surface area contributed by atoms with Gasteiger partial charge in [0.1, 0.15) is 0 Å². The highest BCUT2D eigenvalue weighted by Crippen LogP contribution is 2.27. The molecule has 2 atom stereocenters. The van der Waals surface area contributed by atoms with Gasteiger partial charge in [-0.25, -0.2) is 8.42 Å². The molecule has 1 saturated heterocycles. The lowest BCUT2D eigenvalue weighted by molar-refractivity contribution is 0.293. The molecular formula is C13H18ClNO2S. The zero-order valence-electron chi connectivity index (χ0n) is 10.6. The van der Waals surface area contributed by atoms with Crippen LogP contribution in [0.15, 0.2) is 29.2 Å². The monoisotopic (exact) mass is 287 g/mol. The van der Waals surface area contributed by atoms with Gasteiger partial charge in [0.15, 0.2) is 0 Å². The third kappa shape index (κ3) is 2.56. The molecule has 100 valence electrons. The van der Waals surface area contributed by atoms with Crippen LogP contribution in [0.1, 0.15) is 18.9 Å². The summed E-state index contributed by atoms with van der Waals surface area (Å²) >= 11 is 6.19. The second kappa shape index (κ2) is 5.19. The van der Waals surface area contributed by atoms with Gasteiger partial charge in [-0.3, -0.25) is 0 Å². The van der Waals surface area contributed by atoms with E-state index in [0.29, 0.717) is 23.9 Å². The summed E-state index contributed by atoms with van der Waals surface area (Å²) < 4.78 is 26.6. The molecule has 1 fully saturated rings. The number of hydrogen-bond acceptors (Lipinski definition) is 2. The number of halogens is 1. The quantitative estimate of drug-likeness (QED) is 0.784. The van der Waals surface area contributed by atoms with E-state index in [4.69, 9.17) is 11.6 Å². The second-order valence-corrected chi connectivity index (χ2v) is 7.38. The van der Waals surface area contributed by atoms with Crippen LogP contribution in [0.2, 0.25) is 0 Å². The van der Waals surface area contributed by atoms with Crippen molar-refractivity contribution in [2.24, 2.45) is 5.92 Å². The van der Waals surface area contributed by atoms with E-state index in [1.807, 2.05) is 19.1 Å². The Labute approximate surface area is 114 Å². The van der Waals surface area contributed by atoms with E-state index >= 15 is 0 Å². The maximum Gasteiger partial charge on any atom is 0.243 e. The minimum atomic E-state index is -3.40. The first kappa shape index (κ1) is 13.8. The number of benzene rings is 1. The summed E-state index contributed by atoms with van der Waals surface area (Å²) in [6.45, 7) is 4.84. The Morgan fingerprint density at radius 2 is 2.00 bits per heavy atom. The molecule has 0 aromatic heterocycles. The molecule has 0 saturated carbocycles. The Morgan fingerprint density at radius 1 is 1.33 bits per heavy atom. The number of piperidine rings is 1. The van der Waals surface area contributed by atoms with Crippen LogP contribution in [0.3, 0.4) is 0 Å². The number of alkyl halides is 1. The number of sulfonamides is 1. The van der Waals surface area contributed by atoms with E-state index in [1.54, 1.807) is 12.1 Å². The minimum absolute atomic E-state index is 0.0995. The molecule has 0 N–H and O–H groups in total. The molecule has 0 amide bonds. The Kier molecular flexibility index (Phi) is 3.99. The smallest absolute Gasteiger partial charge is 0.207 e. The fourth-order valence-corrected chi connectivity index (χ4v) is 4.28. The molecule has 3 nitrogen and oxygen atoms in total. The zero-order valence-corrected chi connectivity index (χ0v) is 12.2. The average molecular weight is 288 g/mol. The Bertz CT molecular complexity index is 530. The van der Waals surface area contributed by atoms with E-state index in [9.17, 15) is 8.42 Å². The van der Waals surface area contributed by atoms with Crippen molar-refractivity contribution in [3.05, 3.63) is 29.8 Å². The number of nitrogens with zero attached hydrogens (tertiary/aromatic N) is 1. The van der Waals surface area contributed by atoms with Gasteiger partial charge >= 0.3 is 0 Å². The highest BCUT2D eigenvalue weighted by atomic mass is 35.5. The number of aryl methyl sites for hydroxylation is 1. The van der Waals surface area contributed by atoms with E-state index in [0.717, 1.165) is 12.0 Å². The van der Waals surface area contributed by atoms with Crippen LogP contribution < -0.4 is 0 Å². The van der Waals surface area contributed by atoms with Crippen molar-refractivity contribution >= 4 is 21.6 Å². The van der Waals surface area contributed by atoms with Gasteiger partial charge in [-0.15, -0.1) is 11.6 Å². The largest absolute Gasteiger partial charge is 0.243 e. The predicted molar refractivity (Wildman–Crippen MR) is 73.4 cm³/mol. The van der Waals surface area contributed by atoms with Crippen LogP contribution in [0.4, 0.5) is 0 Å². The van der Waals surface area contributed by atoms with Crippen LogP contribution in [0, 0.1) is 12.8 Å². The summed E-state index contributed by atoms with van der Waals surface area (Å²) in [6, 6.07) is 7.07. The van der Waals surface area contributed by atoms with E-state index < -0.39 is 10.0 Å². The molecular weight excluding hydrogens is 270 g/mol. The summed E-state index contributed by atoms with van der Waals surface area (Å²) in [5.41, 5.74) is 0.780. The molecule has 0 radical (unpaired) electrons. The minimum Gasteiger partial charge on any atom is -0.207 e. The van der Waals surface area contributed by atoms with Gasteiger partial charge in [-0.2, -0.15) is 4.31 Å². The van der Waals surface area contributed by atoms with Gasteiger partial charge in [0.05, 0.1) is 4.90 Å². The van der Waals surface area contributed by atoms with Gasteiger partial charge in [-0.05, 0) is 30.9 Å². The van der Waals surface area contributed by atoms with Crippen molar-refractivity contribution < 1.29 is 8.42 Å². The number of rotatable bonds is 2. The van der Waals surface area contributed by atoms with Gasteiger partial charge < -0.3 is 0 Å². The Hall–Kier alpha value is -0.580. The molecule has 0 spiro atoms. The van der Waals surface area contributed by atoms with Crippen molar-refractivity contribution in [3.63, 3.8) is 0 Å². The van der Waals surface area contributed by atoms with Crippen molar-refractivity contribution in [3.8, 4) is 0 Å². The first-order chi connectivity index (χ1) is 8.43. The lowest BCUT2D eigenvalue weighted by Gasteiger charge is -2.33. The topological polar surface area (TPSA) is 37.4 Å². The van der Waals surface area contributed by atoms with Crippen molar-refractivity contribution in [2.75, 3.05) is 13.1 Å². The predicted octanol–water partition coefficient (Wildman–Crippen LogP) is 2.63. The van der Waals surface area contributed by atoms with Crippen LogP contribution in [0.25, 0.3) is 0 Å². The molecule has 1 aromatic rings. The Morgan fingerprint density at radius 3 is 2.61 bits per heavy atom. The molecule has 2 rings (SSSR count). The molecule has 1 aliphatic rings. The third-order valence-electron chi connectivity index (χ3n) is 3.54. The lowest BCUT2D eigenvalue weighted by atomic mass is 10.0. The Balaban J connectivity index is 2.30. The zero-order chi connectivity index (χ0) is 13.3. The van der Waals surface area contributed by atoms with Crippen molar-refractivity contribution in [1.29, 1.82) is 0 Å². The highest BCUT2D eigenvalue weighted by molar-refractivity contribution is 7.89. The normalized spacial score (nSPS) is 26.2. The van der Waals surface area contributed by atoms with Gasteiger partial charge in [0.25, 0.3) is 0 Å². The van der Waals surface area contributed by atoms with Crippen LogP contribution in [-0.4, -0.2) is 31.2 Å². The summed E-state index contributed by atoms with van der Waals surface area (Å²) in [7, 11) is -3.40. The first-order valence-electron chi connectivity index (χ1n) is 6.13. The summed E-state index contributed by atoms with van der Waals surface area (Å²) in [5.74, 6) is 0.370.